The van der Waals surface area contributed by atoms with Gasteiger partial charge in [-0.3, -0.25) is 4.79 Å². The SMILES string of the molecule is CC(F)(F)c1ccc(-n2cc(CCC(=O)[C@@H]3CC[C@@H]3S(=O)(=O)c3ccc(F)cc3)c(C(F)F)n2)cc1. The first kappa shape index (κ1) is 26.0. The van der Waals surface area contributed by atoms with Crippen molar-refractivity contribution in [3.8, 4) is 5.69 Å². The molecule has 1 saturated carbocycles. The first-order chi connectivity index (χ1) is 16.9. The van der Waals surface area contributed by atoms with Crippen LogP contribution < -0.4 is 0 Å². The Morgan fingerprint density at radius 2 is 1.72 bits per heavy atom. The summed E-state index contributed by atoms with van der Waals surface area (Å²) in [5, 5.41) is 2.93. The summed E-state index contributed by atoms with van der Waals surface area (Å²) >= 11 is 0. The first-order valence-corrected chi connectivity index (χ1v) is 12.8. The number of rotatable bonds is 9. The number of aryl methyl sites for hydroxylation is 1. The fourth-order valence-electron chi connectivity index (χ4n) is 4.29. The van der Waals surface area contributed by atoms with E-state index in [9.17, 15) is 35.2 Å². The van der Waals surface area contributed by atoms with E-state index in [2.05, 4.69) is 5.10 Å². The summed E-state index contributed by atoms with van der Waals surface area (Å²) < 4.78 is 94.1. The molecule has 2 aromatic carbocycles. The molecule has 2 atom stereocenters. The summed E-state index contributed by atoms with van der Waals surface area (Å²) in [4.78, 5) is 12.8. The summed E-state index contributed by atoms with van der Waals surface area (Å²) in [6.07, 6.45) is -1.20. The Hall–Kier alpha value is -3.08. The molecule has 1 aliphatic rings. The Morgan fingerprint density at radius 3 is 2.25 bits per heavy atom. The molecule has 1 heterocycles. The lowest BCUT2D eigenvalue weighted by Crippen LogP contribution is -2.43. The van der Waals surface area contributed by atoms with Gasteiger partial charge in [0.2, 0.25) is 0 Å². The lowest BCUT2D eigenvalue weighted by Gasteiger charge is -2.35. The van der Waals surface area contributed by atoms with Crippen molar-refractivity contribution >= 4 is 15.6 Å². The summed E-state index contributed by atoms with van der Waals surface area (Å²) in [5.74, 6) is -4.76. The summed E-state index contributed by atoms with van der Waals surface area (Å²) in [6.45, 7) is 0.748. The van der Waals surface area contributed by atoms with E-state index in [0.717, 1.165) is 35.9 Å². The van der Waals surface area contributed by atoms with Gasteiger partial charge in [0, 0.05) is 36.6 Å². The standard InChI is InChI=1S/C25H23F5N2O3S/c1-25(29,30)16-3-7-18(8-4-16)32-14-15(23(31-32)24(27)28)2-12-21(33)20-11-13-22(20)36(34,35)19-9-5-17(26)6-10-19/h3-10,14,20,22,24H,2,11-13H2,1H3/t20-,22-/m0/s1. The van der Waals surface area contributed by atoms with Crippen LogP contribution in [0.5, 0.6) is 0 Å². The van der Waals surface area contributed by atoms with Crippen molar-refractivity contribution in [3.05, 3.63) is 77.4 Å². The second-order valence-corrected chi connectivity index (χ2v) is 11.1. The van der Waals surface area contributed by atoms with Crippen molar-refractivity contribution in [1.29, 1.82) is 0 Å². The molecule has 0 amide bonds. The number of aromatic nitrogens is 2. The number of hydrogen-bond acceptors (Lipinski definition) is 4. The van der Waals surface area contributed by atoms with Crippen LogP contribution in [-0.2, 0) is 27.0 Å². The number of halogens is 5. The van der Waals surface area contributed by atoms with Gasteiger partial charge < -0.3 is 0 Å². The molecule has 0 saturated heterocycles. The Bertz CT molecular complexity index is 1350. The molecule has 36 heavy (non-hydrogen) atoms. The van der Waals surface area contributed by atoms with E-state index in [1.807, 2.05) is 0 Å². The highest BCUT2D eigenvalue weighted by Crippen LogP contribution is 2.38. The van der Waals surface area contributed by atoms with Crippen LogP contribution in [0.3, 0.4) is 0 Å². The van der Waals surface area contributed by atoms with E-state index >= 15 is 0 Å². The van der Waals surface area contributed by atoms with Gasteiger partial charge in [-0.1, -0.05) is 12.1 Å². The molecular formula is C25H23F5N2O3S. The topological polar surface area (TPSA) is 69.0 Å². The number of carbonyl (C=O) groups is 1. The Labute approximate surface area is 204 Å². The normalized spacial score (nSPS) is 18.3. The maximum atomic E-state index is 13.6. The van der Waals surface area contributed by atoms with Crippen LogP contribution in [0, 0.1) is 11.7 Å². The second kappa shape index (κ2) is 9.76. The number of Topliss-reactive ketones (excluding diaryl/α,β-unsaturated/α-hetero) is 1. The number of nitrogens with zero attached hydrogens (tertiary/aromatic N) is 2. The van der Waals surface area contributed by atoms with E-state index in [1.165, 1.54) is 30.5 Å². The molecule has 1 aliphatic carbocycles. The molecule has 192 valence electrons. The third-order valence-electron chi connectivity index (χ3n) is 6.47. The number of ketones is 1. The second-order valence-electron chi connectivity index (χ2n) is 8.91. The molecule has 5 nitrogen and oxygen atoms in total. The zero-order valence-electron chi connectivity index (χ0n) is 19.2. The van der Waals surface area contributed by atoms with Crippen molar-refractivity contribution in [3.63, 3.8) is 0 Å². The summed E-state index contributed by atoms with van der Waals surface area (Å²) in [7, 11) is -3.84. The summed E-state index contributed by atoms with van der Waals surface area (Å²) in [5.41, 5.74) is -0.354. The van der Waals surface area contributed by atoms with Gasteiger partial charge in [0.1, 0.15) is 17.3 Å². The molecule has 0 aliphatic heterocycles. The third-order valence-corrected chi connectivity index (χ3v) is 8.76. The predicted molar refractivity (Wildman–Crippen MR) is 122 cm³/mol. The van der Waals surface area contributed by atoms with Gasteiger partial charge in [-0.2, -0.15) is 5.10 Å². The van der Waals surface area contributed by atoms with Crippen molar-refractivity contribution in [2.45, 2.75) is 55.1 Å². The quantitative estimate of drug-likeness (QED) is 0.261. The average molecular weight is 527 g/mol. The fourth-order valence-corrected chi connectivity index (χ4v) is 6.32. The minimum atomic E-state index is -3.84. The molecule has 1 aromatic heterocycles. The van der Waals surface area contributed by atoms with Crippen LogP contribution in [0.1, 0.15) is 49.4 Å². The van der Waals surface area contributed by atoms with Gasteiger partial charge in [-0.05, 0) is 55.7 Å². The number of benzene rings is 2. The van der Waals surface area contributed by atoms with Gasteiger partial charge in [0.25, 0.3) is 12.3 Å². The van der Waals surface area contributed by atoms with E-state index < -0.39 is 44.9 Å². The third kappa shape index (κ3) is 5.21. The highest BCUT2D eigenvalue weighted by molar-refractivity contribution is 7.92. The van der Waals surface area contributed by atoms with Crippen molar-refractivity contribution in [2.24, 2.45) is 5.92 Å². The minimum absolute atomic E-state index is 0.0699. The molecule has 1 fully saturated rings. The number of sulfone groups is 1. The van der Waals surface area contributed by atoms with Crippen molar-refractivity contribution in [2.75, 3.05) is 0 Å². The lowest BCUT2D eigenvalue weighted by molar-refractivity contribution is -0.124. The highest BCUT2D eigenvalue weighted by Gasteiger charge is 2.45. The summed E-state index contributed by atoms with van der Waals surface area (Å²) in [6, 6.07) is 9.41. The minimum Gasteiger partial charge on any atom is -0.299 e. The molecule has 0 unspecified atom stereocenters. The largest absolute Gasteiger partial charge is 0.299 e. The zero-order chi connectivity index (χ0) is 26.3. The van der Waals surface area contributed by atoms with Crippen LogP contribution in [0.25, 0.3) is 5.69 Å². The number of alkyl halides is 4. The molecule has 0 bridgehead atoms. The number of carbonyl (C=O) groups excluding carboxylic acids is 1. The average Bonchev–Trinajstić information content (AvgIpc) is 3.21. The molecule has 11 heteroatoms. The fraction of sp³-hybridized carbons (Fsp3) is 0.360. The van der Waals surface area contributed by atoms with Crippen LogP contribution >= 0.6 is 0 Å². The van der Waals surface area contributed by atoms with E-state index in [1.54, 1.807) is 0 Å². The van der Waals surface area contributed by atoms with Gasteiger partial charge in [-0.15, -0.1) is 0 Å². The first-order valence-electron chi connectivity index (χ1n) is 11.3. The predicted octanol–water partition coefficient (Wildman–Crippen LogP) is 5.81. The van der Waals surface area contributed by atoms with E-state index in [0.29, 0.717) is 12.1 Å². The van der Waals surface area contributed by atoms with Gasteiger partial charge >= 0.3 is 0 Å². The van der Waals surface area contributed by atoms with Crippen molar-refractivity contribution in [1.82, 2.24) is 9.78 Å². The van der Waals surface area contributed by atoms with Gasteiger partial charge in [0.15, 0.2) is 9.84 Å². The van der Waals surface area contributed by atoms with E-state index in [4.69, 9.17) is 0 Å². The smallest absolute Gasteiger partial charge is 0.282 e. The Balaban J connectivity index is 1.47. The molecule has 0 N–H and O–H groups in total. The van der Waals surface area contributed by atoms with Gasteiger partial charge in [0.05, 0.1) is 15.8 Å². The molecule has 0 radical (unpaired) electrons. The van der Waals surface area contributed by atoms with Crippen LogP contribution in [-0.4, -0.2) is 29.2 Å². The number of hydrogen-bond donors (Lipinski definition) is 0. The van der Waals surface area contributed by atoms with Crippen LogP contribution in [0.2, 0.25) is 0 Å². The van der Waals surface area contributed by atoms with Gasteiger partial charge in [-0.25, -0.2) is 35.1 Å². The Kier molecular flexibility index (Phi) is 7.05. The Morgan fingerprint density at radius 1 is 1.08 bits per heavy atom. The monoisotopic (exact) mass is 526 g/mol. The lowest BCUT2D eigenvalue weighted by atomic mass is 9.80. The van der Waals surface area contributed by atoms with Crippen LogP contribution in [0.15, 0.2) is 59.6 Å². The maximum absolute atomic E-state index is 13.6. The highest BCUT2D eigenvalue weighted by atomic mass is 32.2. The van der Waals surface area contributed by atoms with Crippen LogP contribution in [0.4, 0.5) is 22.0 Å². The molecule has 0 spiro atoms. The molecular weight excluding hydrogens is 503 g/mol. The maximum Gasteiger partial charge on any atom is 0.282 e. The zero-order valence-corrected chi connectivity index (χ0v) is 20.0. The molecule has 4 rings (SSSR count). The molecule has 3 aromatic rings. The van der Waals surface area contributed by atoms with Crippen molar-refractivity contribution < 1.29 is 35.2 Å². The van der Waals surface area contributed by atoms with E-state index in [-0.39, 0.29) is 41.1 Å².